The van der Waals surface area contributed by atoms with Crippen LogP contribution in [0.25, 0.3) is 10.9 Å². The molecule has 0 amide bonds. The average molecular weight is 201 g/mol. The minimum Gasteiger partial charge on any atom is -0.284 e. The van der Waals surface area contributed by atoms with Crippen molar-refractivity contribution in [3.63, 3.8) is 0 Å². The molecule has 0 fully saturated rings. The number of aryl methyl sites for hydroxylation is 1. The first-order valence-electron chi connectivity index (χ1n) is 4.79. The number of para-hydroxylation sites is 1. The summed E-state index contributed by atoms with van der Waals surface area (Å²) in [5, 5.41) is 9.57. The monoisotopic (exact) mass is 201 g/mol. The lowest BCUT2D eigenvalue weighted by Gasteiger charge is -2.03. The number of fused-ring (bicyclic) bond motifs is 1. The minimum atomic E-state index is -0.0351. The van der Waals surface area contributed by atoms with Gasteiger partial charge in [0.15, 0.2) is 0 Å². The van der Waals surface area contributed by atoms with Crippen molar-refractivity contribution >= 4 is 10.9 Å². The molecule has 0 aliphatic heterocycles. The predicted molar refractivity (Wildman–Crippen MR) is 57.6 cm³/mol. The largest absolute Gasteiger partial charge is 0.284 e. The average Bonchev–Trinajstić information content (AvgIpc) is 2.51. The minimum absolute atomic E-state index is 0.0351. The molecule has 0 N–H and O–H groups in total. The Morgan fingerprint density at radius 1 is 1.47 bits per heavy atom. The van der Waals surface area contributed by atoms with Crippen molar-refractivity contribution in [2.24, 2.45) is 7.05 Å². The summed E-state index contributed by atoms with van der Waals surface area (Å²) < 4.78 is 3.36. The van der Waals surface area contributed by atoms with Gasteiger partial charge in [-0.05, 0) is 19.1 Å². The first-order valence-corrected chi connectivity index (χ1v) is 4.79. The molecule has 2 rings (SSSR count). The van der Waals surface area contributed by atoms with Crippen LogP contribution in [0.5, 0.6) is 0 Å². The van der Waals surface area contributed by atoms with Gasteiger partial charge >= 0.3 is 0 Å². The molecule has 0 unspecified atom stereocenters. The Morgan fingerprint density at radius 2 is 2.20 bits per heavy atom. The molecule has 76 valence electrons. The standard InChI is InChI=1S/C11H11N3O/c1-3-14-11(15)9-6-4-5-8(7-12)10(9)13(14)2/h4-6H,3H2,1-2H3. The maximum absolute atomic E-state index is 11.9. The van der Waals surface area contributed by atoms with E-state index in [4.69, 9.17) is 5.26 Å². The van der Waals surface area contributed by atoms with Crippen molar-refractivity contribution in [2.45, 2.75) is 13.5 Å². The number of nitrogens with zero attached hydrogens (tertiary/aromatic N) is 3. The summed E-state index contributed by atoms with van der Waals surface area (Å²) in [6.45, 7) is 2.52. The van der Waals surface area contributed by atoms with E-state index in [1.807, 2.05) is 6.92 Å². The first-order chi connectivity index (χ1) is 7.20. The molecular formula is C11H11N3O. The van der Waals surface area contributed by atoms with Gasteiger partial charge in [0.1, 0.15) is 6.07 Å². The zero-order valence-corrected chi connectivity index (χ0v) is 8.69. The van der Waals surface area contributed by atoms with Crippen molar-refractivity contribution in [1.82, 2.24) is 9.36 Å². The Hall–Kier alpha value is -2.02. The van der Waals surface area contributed by atoms with Crippen LogP contribution in [0.3, 0.4) is 0 Å². The van der Waals surface area contributed by atoms with Crippen LogP contribution in [0.1, 0.15) is 12.5 Å². The van der Waals surface area contributed by atoms with E-state index in [2.05, 4.69) is 6.07 Å². The third-order valence-corrected chi connectivity index (χ3v) is 2.61. The Balaban J connectivity index is 3.04. The highest BCUT2D eigenvalue weighted by Crippen LogP contribution is 2.14. The van der Waals surface area contributed by atoms with E-state index in [0.29, 0.717) is 23.0 Å². The Morgan fingerprint density at radius 3 is 2.80 bits per heavy atom. The molecule has 0 atom stereocenters. The molecule has 4 heteroatoms. The third-order valence-electron chi connectivity index (χ3n) is 2.61. The second-order valence-electron chi connectivity index (χ2n) is 3.36. The van der Waals surface area contributed by atoms with E-state index >= 15 is 0 Å². The lowest BCUT2D eigenvalue weighted by atomic mass is 10.1. The molecular weight excluding hydrogens is 190 g/mol. The molecule has 0 spiro atoms. The molecule has 0 saturated carbocycles. The van der Waals surface area contributed by atoms with Gasteiger partial charge in [0.2, 0.25) is 0 Å². The van der Waals surface area contributed by atoms with Gasteiger partial charge in [-0.2, -0.15) is 5.26 Å². The summed E-state index contributed by atoms with van der Waals surface area (Å²) in [6.07, 6.45) is 0. The second-order valence-corrected chi connectivity index (χ2v) is 3.36. The lowest BCUT2D eigenvalue weighted by molar-refractivity contribution is 0.532. The van der Waals surface area contributed by atoms with E-state index < -0.39 is 0 Å². The van der Waals surface area contributed by atoms with Crippen molar-refractivity contribution in [3.8, 4) is 6.07 Å². The molecule has 4 nitrogen and oxygen atoms in total. The number of hydrogen-bond acceptors (Lipinski definition) is 2. The molecule has 15 heavy (non-hydrogen) atoms. The van der Waals surface area contributed by atoms with Gasteiger partial charge in [-0.15, -0.1) is 0 Å². The van der Waals surface area contributed by atoms with E-state index in [1.54, 1.807) is 34.6 Å². The van der Waals surface area contributed by atoms with Gasteiger partial charge in [0, 0.05) is 13.6 Å². The van der Waals surface area contributed by atoms with Gasteiger partial charge in [0.25, 0.3) is 5.56 Å². The van der Waals surface area contributed by atoms with E-state index in [0.717, 1.165) is 0 Å². The Labute approximate surface area is 86.9 Å². The second kappa shape index (κ2) is 3.28. The Bertz CT molecular complexity index is 613. The molecule has 0 saturated heterocycles. The van der Waals surface area contributed by atoms with Crippen LogP contribution in [0, 0.1) is 11.3 Å². The van der Waals surface area contributed by atoms with Gasteiger partial charge in [0.05, 0.1) is 16.5 Å². The molecule has 1 heterocycles. The van der Waals surface area contributed by atoms with Crippen LogP contribution in [-0.4, -0.2) is 9.36 Å². The summed E-state index contributed by atoms with van der Waals surface area (Å²) in [7, 11) is 1.80. The number of aromatic nitrogens is 2. The summed E-state index contributed by atoms with van der Waals surface area (Å²) in [4.78, 5) is 11.9. The highest BCUT2D eigenvalue weighted by molar-refractivity contribution is 5.84. The Kier molecular flexibility index (Phi) is 2.09. The summed E-state index contributed by atoms with van der Waals surface area (Å²) in [5.41, 5.74) is 1.22. The smallest absolute Gasteiger partial charge is 0.274 e. The fourth-order valence-electron chi connectivity index (χ4n) is 1.91. The molecule has 1 aromatic heterocycles. The van der Waals surface area contributed by atoms with Crippen molar-refractivity contribution in [1.29, 1.82) is 5.26 Å². The van der Waals surface area contributed by atoms with E-state index in [9.17, 15) is 4.79 Å². The first kappa shape index (κ1) is 9.53. The number of benzene rings is 1. The molecule has 2 aromatic rings. The van der Waals surface area contributed by atoms with Crippen LogP contribution in [-0.2, 0) is 13.6 Å². The van der Waals surface area contributed by atoms with Crippen LogP contribution >= 0.6 is 0 Å². The zero-order valence-electron chi connectivity index (χ0n) is 8.69. The fourth-order valence-corrected chi connectivity index (χ4v) is 1.91. The quantitative estimate of drug-likeness (QED) is 0.696. The molecule has 0 aliphatic carbocycles. The number of hydrogen-bond donors (Lipinski definition) is 0. The van der Waals surface area contributed by atoms with E-state index in [-0.39, 0.29) is 5.56 Å². The van der Waals surface area contributed by atoms with Crippen LogP contribution in [0.15, 0.2) is 23.0 Å². The van der Waals surface area contributed by atoms with Gasteiger partial charge < -0.3 is 0 Å². The molecule has 0 bridgehead atoms. The maximum Gasteiger partial charge on any atom is 0.274 e. The summed E-state index contributed by atoms with van der Waals surface area (Å²) >= 11 is 0. The predicted octanol–water partition coefficient (Wildman–Crippen LogP) is 1.23. The fraction of sp³-hybridized carbons (Fsp3) is 0.273. The molecule has 0 aliphatic rings. The van der Waals surface area contributed by atoms with Crippen LogP contribution in [0.4, 0.5) is 0 Å². The van der Waals surface area contributed by atoms with Crippen LogP contribution < -0.4 is 5.56 Å². The van der Waals surface area contributed by atoms with Crippen molar-refractivity contribution < 1.29 is 0 Å². The third kappa shape index (κ3) is 1.17. The van der Waals surface area contributed by atoms with Crippen LogP contribution in [0.2, 0.25) is 0 Å². The highest BCUT2D eigenvalue weighted by Gasteiger charge is 2.11. The molecule has 1 aromatic carbocycles. The molecule has 0 radical (unpaired) electrons. The highest BCUT2D eigenvalue weighted by atomic mass is 16.1. The van der Waals surface area contributed by atoms with E-state index in [1.165, 1.54) is 0 Å². The normalized spacial score (nSPS) is 10.5. The van der Waals surface area contributed by atoms with Crippen molar-refractivity contribution in [2.75, 3.05) is 0 Å². The number of rotatable bonds is 1. The van der Waals surface area contributed by atoms with Gasteiger partial charge in [-0.1, -0.05) is 6.07 Å². The lowest BCUT2D eigenvalue weighted by Crippen LogP contribution is -2.19. The zero-order chi connectivity index (χ0) is 11.0. The van der Waals surface area contributed by atoms with Crippen molar-refractivity contribution in [3.05, 3.63) is 34.1 Å². The topological polar surface area (TPSA) is 50.7 Å². The van der Waals surface area contributed by atoms with Gasteiger partial charge in [-0.3, -0.25) is 14.2 Å². The summed E-state index contributed by atoms with van der Waals surface area (Å²) in [5.74, 6) is 0. The summed E-state index contributed by atoms with van der Waals surface area (Å²) in [6, 6.07) is 7.32. The maximum atomic E-state index is 11.9. The van der Waals surface area contributed by atoms with Gasteiger partial charge in [-0.25, -0.2) is 0 Å². The number of nitriles is 1. The SMILES string of the molecule is CCn1c(=O)c2cccc(C#N)c2n1C.